The fraction of sp³-hybridized carbons (Fsp3) is 0.0769. The van der Waals surface area contributed by atoms with E-state index in [1.54, 1.807) is 11.8 Å². The van der Waals surface area contributed by atoms with Crippen molar-refractivity contribution in [3.05, 3.63) is 57.5 Å². The van der Waals surface area contributed by atoms with E-state index in [1.807, 2.05) is 42.5 Å². The van der Waals surface area contributed by atoms with E-state index in [9.17, 15) is 0 Å². The van der Waals surface area contributed by atoms with Crippen LogP contribution in [0.1, 0.15) is 5.56 Å². The second-order valence-electron chi connectivity index (χ2n) is 3.59. The molecule has 0 atom stereocenters. The summed E-state index contributed by atoms with van der Waals surface area (Å²) in [4.78, 5) is 1.19. The molecule has 0 aliphatic rings. The zero-order valence-corrected chi connectivity index (χ0v) is 12.1. The molecular formula is C13H11BrClNS. The maximum Gasteiger partial charge on any atom is 0.0406 e. The molecule has 2 rings (SSSR count). The predicted molar refractivity (Wildman–Crippen MR) is 79.6 cm³/mol. The second-order valence-corrected chi connectivity index (χ2v) is 5.99. The van der Waals surface area contributed by atoms with Crippen LogP contribution in [0.25, 0.3) is 0 Å². The molecule has 2 aromatic rings. The molecule has 0 spiro atoms. The second kappa shape index (κ2) is 5.80. The number of benzene rings is 2. The van der Waals surface area contributed by atoms with Crippen LogP contribution in [0.4, 0.5) is 5.69 Å². The molecule has 0 saturated carbocycles. The van der Waals surface area contributed by atoms with Gasteiger partial charge >= 0.3 is 0 Å². The Balaban J connectivity index is 2.04. The summed E-state index contributed by atoms with van der Waals surface area (Å²) in [6.45, 7) is 0. The SMILES string of the molecule is Nc1cc(Br)ccc1CSc1ccc(Cl)cc1. The van der Waals surface area contributed by atoms with Crippen molar-refractivity contribution in [2.45, 2.75) is 10.6 Å². The summed E-state index contributed by atoms with van der Waals surface area (Å²) in [7, 11) is 0. The molecule has 4 heteroatoms. The lowest BCUT2D eigenvalue weighted by atomic mass is 10.2. The summed E-state index contributed by atoms with van der Waals surface area (Å²) in [5.41, 5.74) is 7.91. The molecule has 0 aromatic heterocycles. The molecule has 2 N–H and O–H groups in total. The molecule has 0 heterocycles. The van der Waals surface area contributed by atoms with Crippen LogP contribution in [-0.2, 0) is 5.75 Å². The third kappa shape index (κ3) is 3.66. The summed E-state index contributed by atoms with van der Waals surface area (Å²) in [6.07, 6.45) is 0. The number of thioether (sulfide) groups is 1. The van der Waals surface area contributed by atoms with E-state index in [-0.39, 0.29) is 0 Å². The Morgan fingerprint density at radius 3 is 2.47 bits per heavy atom. The Morgan fingerprint density at radius 2 is 1.82 bits per heavy atom. The van der Waals surface area contributed by atoms with E-state index in [1.165, 1.54) is 4.90 Å². The van der Waals surface area contributed by atoms with Crippen molar-refractivity contribution in [3.63, 3.8) is 0 Å². The van der Waals surface area contributed by atoms with Crippen molar-refractivity contribution in [3.8, 4) is 0 Å². The van der Waals surface area contributed by atoms with Gasteiger partial charge < -0.3 is 5.73 Å². The monoisotopic (exact) mass is 327 g/mol. The first-order valence-corrected chi connectivity index (χ1v) is 7.23. The molecular weight excluding hydrogens is 318 g/mol. The summed E-state index contributed by atoms with van der Waals surface area (Å²) in [5, 5.41) is 0.762. The lowest BCUT2D eigenvalue weighted by Crippen LogP contribution is -1.92. The molecule has 1 nitrogen and oxygen atoms in total. The van der Waals surface area contributed by atoms with Crippen molar-refractivity contribution in [2.24, 2.45) is 0 Å². The quantitative estimate of drug-likeness (QED) is 0.635. The van der Waals surface area contributed by atoms with Crippen molar-refractivity contribution < 1.29 is 0 Å². The van der Waals surface area contributed by atoms with Crippen molar-refractivity contribution >= 4 is 45.0 Å². The zero-order chi connectivity index (χ0) is 12.3. The van der Waals surface area contributed by atoms with Crippen LogP contribution in [0.15, 0.2) is 51.8 Å². The Hall–Kier alpha value is -0.640. The molecule has 0 unspecified atom stereocenters. The predicted octanol–water partition coefficient (Wildman–Crippen LogP) is 4.98. The first-order valence-electron chi connectivity index (χ1n) is 5.07. The highest BCUT2D eigenvalue weighted by Crippen LogP contribution is 2.27. The maximum atomic E-state index is 5.95. The van der Waals surface area contributed by atoms with E-state index < -0.39 is 0 Å². The van der Waals surface area contributed by atoms with Gasteiger partial charge in [-0.25, -0.2) is 0 Å². The van der Waals surface area contributed by atoms with Crippen LogP contribution >= 0.6 is 39.3 Å². The number of halogens is 2. The van der Waals surface area contributed by atoms with Crippen LogP contribution in [0, 0.1) is 0 Å². The normalized spacial score (nSPS) is 10.5. The van der Waals surface area contributed by atoms with Gasteiger partial charge in [-0.2, -0.15) is 0 Å². The van der Waals surface area contributed by atoms with Gasteiger partial charge in [0, 0.05) is 25.8 Å². The Morgan fingerprint density at radius 1 is 1.12 bits per heavy atom. The third-order valence-corrected chi connectivity index (χ3v) is 4.12. The number of anilines is 1. The van der Waals surface area contributed by atoms with Gasteiger partial charge in [0.25, 0.3) is 0 Å². The average molecular weight is 329 g/mol. The molecule has 0 amide bonds. The molecule has 0 aliphatic heterocycles. The molecule has 0 fully saturated rings. The highest BCUT2D eigenvalue weighted by atomic mass is 79.9. The number of nitrogens with two attached hydrogens (primary N) is 1. The standard InChI is InChI=1S/C13H11BrClNS/c14-10-2-1-9(13(16)7-10)8-17-12-5-3-11(15)4-6-12/h1-7H,8,16H2. The van der Waals surface area contributed by atoms with Gasteiger partial charge in [0.2, 0.25) is 0 Å². The molecule has 0 bridgehead atoms. The smallest absolute Gasteiger partial charge is 0.0406 e. The van der Waals surface area contributed by atoms with Gasteiger partial charge in [-0.1, -0.05) is 33.6 Å². The summed E-state index contributed by atoms with van der Waals surface area (Å²) < 4.78 is 1.01. The number of hydrogen-bond acceptors (Lipinski definition) is 2. The number of nitrogen functional groups attached to an aromatic ring is 1. The molecule has 2 aromatic carbocycles. The molecule has 0 radical (unpaired) electrons. The van der Waals surface area contributed by atoms with Gasteiger partial charge in [0.05, 0.1) is 0 Å². The van der Waals surface area contributed by atoms with Crippen LogP contribution in [-0.4, -0.2) is 0 Å². The maximum absolute atomic E-state index is 5.95. The van der Waals surface area contributed by atoms with Crippen LogP contribution in [0.5, 0.6) is 0 Å². The topological polar surface area (TPSA) is 26.0 Å². The Labute approximate surface area is 118 Å². The zero-order valence-electron chi connectivity index (χ0n) is 8.99. The van der Waals surface area contributed by atoms with Gasteiger partial charge in [0.1, 0.15) is 0 Å². The van der Waals surface area contributed by atoms with Gasteiger partial charge in [-0.15, -0.1) is 11.8 Å². The highest BCUT2D eigenvalue weighted by Gasteiger charge is 2.01. The van der Waals surface area contributed by atoms with Crippen LogP contribution in [0.3, 0.4) is 0 Å². The van der Waals surface area contributed by atoms with E-state index in [0.717, 1.165) is 26.5 Å². The summed E-state index contributed by atoms with van der Waals surface area (Å²) >= 11 is 11.0. The van der Waals surface area contributed by atoms with Crippen LogP contribution in [0.2, 0.25) is 5.02 Å². The summed E-state index contributed by atoms with van der Waals surface area (Å²) in [6, 6.07) is 13.8. The average Bonchev–Trinajstić information content (AvgIpc) is 2.30. The van der Waals surface area contributed by atoms with Crippen molar-refractivity contribution in [2.75, 3.05) is 5.73 Å². The third-order valence-electron chi connectivity index (χ3n) is 2.32. The fourth-order valence-electron chi connectivity index (χ4n) is 1.39. The highest BCUT2D eigenvalue weighted by molar-refractivity contribution is 9.10. The lowest BCUT2D eigenvalue weighted by molar-refractivity contribution is 1.38. The van der Waals surface area contributed by atoms with E-state index in [2.05, 4.69) is 15.9 Å². The first-order chi connectivity index (χ1) is 8.15. The van der Waals surface area contributed by atoms with E-state index in [0.29, 0.717) is 0 Å². The van der Waals surface area contributed by atoms with E-state index >= 15 is 0 Å². The molecule has 88 valence electrons. The Kier molecular flexibility index (Phi) is 4.37. The van der Waals surface area contributed by atoms with Gasteiger partial charge in [0.15, 0.2) is 0 Å². The first kappa shape index (κ1) is 12.8. The molecule has 0 aliphatic carbocycles. The Bertz CT molecular complexity index is 513. The van der Waals surface area contributed by atoms with Crippen LogP contribution < -0.4 is 5.73 Å². The minimum Gasteiger partial charge on any atom is -0.398 e. The van der Waals surface area contributed by atoms with Gasteiger partial charge in [-0.3, -0.25) is 0 Å². The van der Waals surface area contributed by atoms with Crippen molar-refractivity contribution in [1.82, 2.24) is 0 Å². The van der Waals surface area contributed by atoms with E-state index in [4.69, 9.17) is 17.3 Å². The minimum absolute atomic E-state index is 0.762. The largest absolute Gasteiger partial charge is 0.398 e. The number of rotatable bonds is 3. The fourth-order valence-corrected chi connectivity index (χ4v) is 2.81. The van der Waals surface area contributed by atoms with Crippen molar-refractivity contribution in [1.29, 1.82) is 0 Å². The minimum atomic E-state index is 0.762. The molecule has 17 heavy (non-hydrogen) atoms. The molecule has 0 saturated heterocycles. The summed E-state index contributed by atoms with van der Waals surface area (Å²) in [5.74, 6) is 0.862. The lowest BCUT2D eigenvalue weighted by Gasteiger charge is -2.06. The van der Waals surface area contributed by atoms with Gasteiger partial charge in [-0.05, 0) is 42.0 Å². The number of hydrogen-bond donors (Lipinski definition) is 1.